The van der Waals surface area contributed by atoms with Gasteiger partial charge in [-0.05, 0) is 24.3 Å². The topological polar surface area (TPSA) is 103 Å². The van der Waals surface area contributed by atoms with Gasteiger partial charge in [0.2, 0.25) is 11.1 Å². The van der Waals surface area contributed by atoms with Gasteiger partial charge in [0, 0.05) is 17.8 Å². The molecule has 1 aliphatic heterocycles. The second-order valence-corrected chi connectivity index (χ2v) is 5.87. The number of aliphatic carboxylic acids is 1. The Kier molecular flexibility index (Phi) is 4.26. The third kappa shape index (κ3) is 3.23. The standard InChI is InChI=1S/C17H15FN2O5/c18-11-3-1-10(2-4-11)8-19-9-12(7-14(22)23)20-6-5-13(21)16(24)15(20)17(19)25/h1-6,12H,7-9H2,(H2,22,23,24,25)/p+1. The smallest absolute Gasteiger partial charge is 0.389 e. The van der Waals surface area contributed by atoms with Gasteiger partial charge in [-0.3, -0.25) is 9.59 Å². The number of nitrogens with zero attached hydrogens (tertiary/aromatic N) is 2. The van der Waals surface area contributed by atoms with Crippen molar-refractivity contribution in [2.45, 2.75) is 19.0 Å². The summed E-state index contributed by atoms with van der Waals surface area (Å²) in [5.74, 6) is -2.41. The second kappa shape index (κ2) is 6.39. The zero-order valence-electron chi connectivity index (χ0n) is 13.1. The van der Waals surface area contributed by atoms with E-state index in [9.17, 15) is 24.2 Å². The molecule has 3 rings (SSSR count). The minimum absolute atomic E-state index is 0.118. The van der Waals surface area contributed by atoms with Crippen LogP contribution in [0, 0.1) is 5.82 Å². The van der Waals surface area contributed by atoms with Crippen LogP contribution in [0.15, 0.2) is 41.3 Å². The minimum Gasteiger partial charge on any atom is -0.502 e. The first-order valence-electron chi connectivity index (χ1n) is 7.58. The first kappa shape index (κ1) is 16.7. The van der Waals surface area contributed by atoms with Crippen LogP contribution in [-0.4, -0.2) is 42.9 Å². The normalized spacial score (nSPS) is 16.6. The molecule has 1 aromatic carbocycles. The van der Waals surface area contributed by atoms with Crippen LogP contribution in [0.1, 0.15) is 23.7 Å². The predicted octanol–water partition coefficient (Wildman–Crippen LogP) is 1.24. The number of halogens is 1. The summed E-state index contributed by atoms with van der Waals surface area (Å²) in [4.78, 5) is 22.8. The fraction of sp³-hybridized carbons (Fsp3) is 0.235. The van der Waals surface area contributed by atoms with E-state index in [4.69, 9.17) is 5.11 Å². The fourth-order valence-corrected chi connectivity index (χ4v) is 2.96. The van der Waals surface area contributed by atoms with Crippen molar-refractivity contribution in [3.8, 4) is 5.75 Å². The van der Waals surface area contributed by atoms with Crippen molar-refractivity contribution >= 4 is 11.9 Å². The number of benzene rings is 1. The summed E-state index contributed by atoms with van der Waals surface area (Å²) >= 11 is 0. The lowest BCUT2D eigenvalue weighted by molar-refractivity contribution is -0.559. The van der Waals surface area contributed by atoms with Crippen LogP contribution in [-0.2, 0) is 11.3 Å². The average Bonchev–Trinajstić information content (AvgIpc) is 2.56. The molecule has 8 heteroatoms. The van der Waals surface area contributed by atoms with E-state index in [0.29, 0.717) is 5.56 Å². The van der Waals surface area contributed by atoms with Gasteiger partial charge in [-0.1, -0.05) is 0 Å². The van der Waals surface area contributed by atoms with Crippen LogP contribution >= 0.6 is 0 Å². The van der Waals surface area contributed by atoms with Crippen LogP contribution < -0.4 is 5.43 Å². The van der Waals surface area contributed by atoms with Gasteiger partial charge in [0.15, 0.2) is 18.8 Å². The van der Waals surface area contributed by atoms with Crippen LogP contribution in [0.2, 0.25) is 0 Å². The van der Waals surface area contributed by atoms with E-state index < -0.39 is 29.0 Å². The predicted molar refractivity (Wildman–Crippen MR) is 85.6 cm³/mol. The number of aliphatic hydroxyl groups excluding tert-OH is 1. The first-order chi connectivity index (χ1) is 11.9. The molecule has 1 atom stereocenters. The third-order valence-corrected chi connectivity index (χ3v) is 4.14. The van der Waals surface area contributed by atoms with Crippen molar-refractivity contribution in [3.63, 3.8) is 0 Å². The largest absolute Gasteiger partial charge is 0.502 e. The molecule has 0 saturated heterocycles. The van der Waals surface area contributed by atoms with E-state index >= 15 is 0 Å². The highest BCUT2D eigenvalue weighted by atomic mass is 19.1. The van der Waals surface area contributed by atoms with E-state index in [1.54, 1.807) is 12.1 Å². The summed E-state index contributed by atoms with van der Waals surface area (Å²) < 4.78 is 15.9. The van der Waals surface area contributed by atoms with E-state index in [0.717, 1.165) is 6.07 Å². The number of aromatic nitrogens is 1. The Morgan fingerprint density at radius 2 is 1.92 bits per heavy atom. The summed E-state index contributed by atoms with van der Waals surface area (Å²) in [6.07, 6.45) is 1.11. The van der Waals surface area contributed by atoms with E-state index in [1.165, 1.54) is 27.5 Å². The lowest BCUT2D eigenvalue weighted by Gasteiger charge is -2.25. The summed E-state index contributed by atoms with van der Waals surface area (Å²) in [7, 11) is 0. The summed E-state index contributed by atoms with van der Waals surface area (Å²) in [6, 6.07) is 6.18. The monoisotopic (exact) mass is 347 g/mol. The molecule has 0 bridgehead atoms. The Bertz CT molecular complexity index is 918. The number of carbonyl (C=O) groups is 1. The molecule has 0 aliphatic carbocycles. The van der Waals surface area contributed by atoms with Crippen LogP contribution in [0.3, 0.4) is 0 Å². The Morgan fingerprint density at radius 1 is 1.24 bits per heavy atom. The number of hydrogen-bond acceptors (Lipinski definition) is 3. The number of aromatic hydroxyl groups is 1. The molecular formula is C17H16FN2O5+. The van der Waals surface area contributed by atoms with Gasteiger partial charge in [-0.15, -0.1) is 0 Å². The highest BCUT2D eigenvalue weighted by Gasteiger charge is 2.36. The molecule has 25 heavy (non-hydrogen) atoms. The van der Waals surface area contributed by atoms with Crippen molar-refractivity contribution in [1.29, 1.82) is 0 Å². The zero-order chi connectivity index (χ0) is 18.1. The number of rotatable bonds is 4. The molecule has 0 radical (unpaired) electrons. The Morgan fingerprint density at radius 3 is 2.56 bits per heavy atom. The summed E-state index contributed by atoms with van der Waals surface area (Å²) in [5.41, 5.74) is -0.101. The maximum atomic E-state index is 13.0. The van der Waals surface area contributed by atoms with E-state index in [2.05, 4.69) is 0 Å². The number of carboxylic acids is 1. The molecule has 1 aromatic heterocycles. The lowest BCUT2D eigenvalue weighted by Crippen LogP contribution is -2.39. The van der Waals surface area contributed by atoms with Crippen molar-refractivity contribution in [2.75, 3.05) is 6.54 Å². The number of hydrogen-bond donors (Lipinski definition) is 3. The second-order valence-electron chi connectivity index (χ2n) is 5.87. The van der Waals surface area contributed by atoms with Crippen molar-refractivity contribution in [2.24, 2.45) is 0 Å². The molecule has 1 unspecified atom stereocenters. The van der Waals surface area contributed by atoms with E-state index in [-0.39, 0.29) is 31.1 Å². The molecule has 0 amide bonds. The van der Waals surface area contributed by atoms with Crippen molar-refractivity contribution in [3.05, 3.63) is 63.8 Å². The van der Waals surface area contributed by atoms with Crippen molar-refractivity contribution in [1.82, 2.24) is 4.57 Å². The van der Waals surface area contributed by atoms with Gasteiger partial charge in [-0.25, -0.2) is 4.39 Å². The molecule has 3 N–H and O–H groups in total. The number of pyridine rings is 1. The highest BCUT2D eigenvalue weighted by molar-refractivity contribution is 5.90. The van der Waals surface area contributed by atoms with Gasteiger partial charge < -0.3 is 19.9 Å². The maximum Gasteiger partial charge on any atom is 0.389 e. The van der Waals surface area contributed by atoms with Gasteiger partial charge in [-0.2, -0.15) is 4.58 Å². The summed E-state index contributed by atoms with van der Waals surface area (Å²) in [6.45, 7) is 0.329. The SMILES string of the molecule is O=C(O)CC1C[N+](Cc2ccc(F)cc2)=C(O)c2c(O)c(=O)ccn21. The Balaban J connectivity index is 2.07. The minimum atomic E-state index is -1.04. The number of fused-ring (bicyclic) bond motifs is 1. The lowest BCUT2D eigenvalue weighted by atomic mass is 10.1. The zero-order valence-corrected chi connectivity index (χ0v) is 13.1. The average molecular weight is 347 g/mol. The molecule has 7 nitrogen and oxygen atoms in total. The quantitative estimate of drug-likeness (QED) is 0.722. The van der Waals surface area contributed by atoms with Gasteiger partial charge >= 0.3 is 11.9 Å². The molecule has 1 aliphatic rings. The number of carboxylic acid groups (broad SMARTS) is 1. The number of aliphatic hydroxyl groups is 1. The van der Waals surface area contributed by atoms with Crippen LogP contribution in [0.4, 0.5) is 4.39 Å². The van der Waals surface area contributed by atoms with Crippen molar-refractivity contribution < 1.29 is 29.1 Å². The van der Waals surface area contributed by atoms with Gasteiger partial charge in [0.1, 0.15) is 11.9 Å². The van der Waals surface area contributed by atoms with Crippen LogP contribution in [0.5, 0.6) is 5.75 Å². The Hall–Kier alpha value is -3.16. The fourth-order valence-electron chi connectivity index (χ4n) is 2.96. The molecule has 2 heterocycles. The summed E-state index contributed by atoms with van der Waals surface area (Å²) in [5, 5.41) is 29.7. The molecule has 0 saturated carbocycles. The first-order valence-corrected chi connectivity index (χ1v) is 7.58. The van der Waals surface area contributed by atoms with Gasteiger partial charge in [0.25, 0.3) is 0 Å². The van der Waals surface area contributed by atoms with E-state index in [1.807, 2.05) is 0 Å². The molecular weight excluding hydrogens is 331 g/mol. The van der Waals surface area contributed by atoms with Gasteiger partial charge in [0.05, 0.1) is 6.42 Å². The Labute approximate surface area is 141 Å². The molecule has 2 aromatic rings. The molecule has 130 valence electrons. The maximum absolute atomic E-state index is 13.0. The van der Waals surface area contributed by atoms with Crippen LogP contribution in [0.25, 0.3) is 0 Å². The third-order valence-electron chi connectivity index (χ3n) is 4.14. The molecule has 0 fully saturated rings. The highest BCUT2D eigenvalue weighted by Crippen LogP contribution is 2.25. The molecule has 0 spiro atoms.